The third kappa shape index (κ3) is 7.04. The molecule has 1 saturated heterocycles. The van der Waals surface area contributed by atoms with E-state index >= 15 is 0 Å². The van der Waals surface area contributed by atoms with Crippen molar-refractivity contribution in [3.8, 4) is 0 Å². The predicted octanol–water partition coefficient (Wildman–Crippen LogP) is 5.59. The number of nitrogens with zero attached hydrogens (tertiary/aromatic N) is 1. The number of likely N-dealkylation sites (tertiary alicyclic amines) is 1. The molecule has 3 aromatic carbocycles. The van der Waals surface area contributed by atoms with Crippen LogP contribution < -0.4 is 5.32 Å². The van der Waals surface area contributed by atoms with Gasteiger partial charge in [0.1, 0.15) is 0 Å². The fraction of sp³-hybridized carbons (Fsp3) is 0.333. The number of hydrogen-bond acceptors (Lipinski definition) is 2. The van der Waals surface area contributed by atoms with Crippen LogP contribution in [0, 0.1) is 5.41 Å². The van der Waals surface area contributed by atoms with Gasteiger partial charge in [0, 0.05) is 30.5 Å². The van der Waals surface area contributed by atoms with Crippen molar-refractivity contribution in [1.82, 2.24) is 10.2 Å². The van der Waals surface area contributed by atoms with Gasteiger partial charge in [0.15, 0.2) is 0 Å². The first-order chi connectivity index (χ1) is 17.0. The van der Waals surface area contributed by atoms with Crippen molar-refractivity contribution in [2.45, 2.75) is 38.5 Å². The second-order valence-corrected chi connectivity index (χ2v) is 10.4. The monoisotopic (exact) mass is 532 g/mol. The molecular weight excluding hydrogens is 500 g/mol. The summed E-state index contributed by atoms with van der Waals surface area (Å²) in [6.45, 7) is 1.86. The molecule has 1 N–H and O–H groups in total. The maximum Gasteiger partial charge on any atom is 0.226 e. The standard InChI is InChI=1S/C30H33BrN2O2/c31-27-14-11-25(12-15-27)17-20-32-29(35)30(23-26-9-5-2-6-10-26)18-21-33(22-19-30)28(34)16-13-24-7-3-1-4-8-24/h1-12,14-15H,13,16-23H2,(H,32,35). The van der Waals surface area contributed by atoms with Gasteiger partial charge in [-0.15, -0.1) is 0 Å². The molecule has 4 rings (SSSR count). The molecule has 0 aromatic heterocycles. The maximum atomic E-state index is 13.5. The van der Waals surface area contributed by atoms with Crippen LogP contribution in [0.5, 0.6) is 0 Å². The first kappa shape index (κ1) is 25.2. The lowest BCUT2D eigenvalue weighted by molar-refractivity contribution is -0.140. The molecule has 3 aromatic rings. The number of nitrogens with one attached hydrogen (secondary N) is 1. The van der Waals surface area contributed by atoms with Crippen molar-refractivity contribution in [2.75, 3.05) is 19.6 Å². The van der Waals surface area contributed by atoms with E-state index in [1.54, 1.807) is 0 Å². The molecular formula is C30H33BrN2O2. The summed E-state index contributed by atoms with van der Waals surface area (Å²) in [7, 11) is 0. The Hall–Kier alpha value is -2.92. The largest absolute Gasteiger partial charge is 0.355 e. The minimum absolute atomic E-state index is 0.106. The molecule has 182 valence electrons. The van der Waals surface area contributed by atoms with E-state index < -0.39 is 5.41 Å². The third-order valence-electron chi connectivity index (χ3n) is 7.02. The highest BCUT2D eigenvalue weighted by molar-refractivity contribution is 9.10. The van der Waals surface area contributed by atoms with Crippen LogP contribution in [0.25, 0.3) is 0 Å². The Labute approximate surface area is 216 Å². The van der Waals surface area contributed by atoms with Crippen molar-refractivity contribution >= 4 is 27.7 Å². The molecule has 2 amide bonds. The van der Waals surface area contributed by atoms with E-state index in [9.17, 15) is 9.59 Å². The lowest BCUT2D eigenvalue weighted by Gasteiger charge is -2.41. The number of piperidine rings is 1. The first-order valence-electron chi connectivity index (χ1n) is 12.4. The average Bonchev–Trinajstić information content (AvgIpc) is 2.90. The molecule has 1 fully saturated rings. The van der Waals surface area contributed by atoms with E-state index in [2.05, 4.69) is 57.6 Å². The molecule has 1 aliphatic rings. The summed E-state index contributed by atoms with van der Waals surface area (Å²) in [5, 5.41) is 3.21. The van der Waals surface area contributed by atoms with Gasteiger partial charge in [-0.3, -0.25) is 9.59 Å². The summed E-state index contributed by atoms with van der Waals surface area (Å²) in [6, 6.07) is 28.6. The van der Waals surface area contributed by atoms with Crippen molar-refractivity contribution in [3.05, 3.63) is 106 Å². The molecule has 0 bridgehead atoms. The molecule has 35 heavy (non-hydrogen) atoms. The van der Waals surface area contributed by atoms with E-state index in [4.69, 9.17) is 0 Å². The predicted molar refractivity (Wildman–Crippen MR) is 144 cm³/mol. The lowest BCUT2D eigenvalue weighted by Crippen LogP contribution is -2.51. The fourth-order valence-corrected chi connectivity index (χ4v) is 5.13. The Balaban J connectivity index is 1.36. The summed E-state index contributed by atoms with van der Waals surface area (Å²) in [5.41, 5.74) is 3.06. The van der Waals surface area contributed by atoms with E-state index in [-0.39, 0.29) is 11.8 Å². The van der Waals surface area contributed by atoms with Gasteiger partial charge in [-0.1, -0.05) is 88.7 Å². The highest BCUT2D eigenvalue weighted by Crippen LogP contribution is 2.36. The SMILES string of the molecule is O=C(CCc1ccccc1)N1CCC(Cc2ccccc2)(C(=O)NCCc2ccc(Br)cc2)CC1. The Morgan fingerprint density at radius 2 is 1.34 bits per heavy atom. The van der Waals surface area contributed by atoms with Gasteiger partial charge in [0.2, 0.25) is 11.8 Å². The van der Waals surface area contributed by atoms with Crippen LogP contribution in [0.15, 0.2) is 89.4 Å². The van der Waals surface area contributed by atoms with E-state index in [1.165, 1.54) is 16.7 Å². The number of halogens is 1. The van der Waals surface area contributed by atoms with Gasteiger partial charge in [-0.25, -0.2) is 0 Å². The highest BCUT2D eigenvalue weighted by Gasteiger charge is 2.42. The van der Waals surface area contributed by atoms with Gasteiger partial charge < -0.3 is 10.2 Å². The Morgan fingerprint density at radius 3 is 1.97 bits per heavy atom. The Kier molecular flexibility index (Phi) is 8.75. The Bertz CT molecular complexity index is 1090. The molecule has 0 aliphatic carbocycles. The highest BCUT2D eigenvalue weighted by atomic mass is 79.9. The molecule has 0 unspecified atom stereocenters. The van der Waals surface area contributed by atoms with Crippen molar-refractivity contribution in [1.29, 1.82) is 0 Å². The molecule has 1 heterocycles. The van der Waals surface area contributed by atoms with Crippen LogP contribution in [0.2, 0.25) is 0 Å². The topological polar surface area (TPSA) is 49.4 Å². The Morgan fingerprint density at radius 1 is 0.771 bits per heavy atom. The van der Waals surface area contributed by atoms with Crippen LogP contribution in [-0.4, -0.2) is 36.3 Å². The zero-order valence-electron chi connectivity index (χ0n) is 20.1. The van der Waals surface area contributed by atoms with E-state index in [0.717, 1.165) is 17.3 Å². The first-order valence-corrected chi connectivity index (χ1v) is 13.2. The van der Waals surface area contributed by atoms with Crippen LogP contribution in [-0.2, 0) is 28.9 Å². The number of carbonyl (C=O) groups is 2. The minimum Gasteiger partial charge on any atom is -0.355 e. The average molecular weight is 534 g/mol. The second kappa shape index (κ2) is 12.2. The minimum atomic E-state index is -0.489. The molecule has 1 aliphatic heterocycles. The van der Waals surface area contributed by atoms with Crippen molar-refractivity contribution in [2.24, 2.45) is 5.41 Å². The maximum absolute atomic E-state index is 13.5. The number of benzene rings is 3. The smallest absolute Gasteiger partial charge is 0.226 e. The van der Waals surface area contributed by atoms with Gasteiger partial charge in [0.25, 0.3) is 0 Å². The van der Waals surface area contributed by atoms with Crippen molar-refractivity contribution in [3.63, 3.8) is 0 Å². The third-order valence-corrected chi connectivity index (χ3v) is 7.55. The van der Waals surface area contributed by atoms with Crippen LogP contribution in [0.4, 0.5) is 0 Å². The number of rotatable bonds is 9. The summed E-state index contributed by atoms with van der Waals surface area (Å²) in [5.74, 6) is 0.285. The normalized spacial score (nSPS) is 14.9. The number of aryl methyl sites for hydroxylation is 1. The van der Waals surface area contributed by atoms with Crippen LogP contribution >= 0.6 is 15.9 Å². The van der Waals surface area contributed by atoms with E-state index in [1.807, 2.05) is 53.4 Å². The van der Waals surface area contributed by atoms with Gasteiger partial charge >= 0.3 is 0 Å². The molecule has 5 heteroatoms. The summed E-state index contributed by atoms with van der Waals surface area (Å²) < 4.78 is 1.05. The quantitative estimate of drug-likeness (QED) is 0.390. The van der Waals surface area contributed by atoms with Gasteiger partial charge in [0.05, 0.1) is 5.41 Å². The number of carbonyl (C=O) groups excluding carboxylic acids is 2. The molecule has 4 nitrogen and oxygen atoms in total. The zero-order chi connectivity index (χ0) is 24.5. The molecule has 0 radical (unpaired) electrons. The van der Waals surface area contributed by atoms with Crippen molar-refractivity contribution < 1.29 is 9.59 Å². The van der Waals surface area contributed by atoms with Crippen LogP contribution in [0.1, 0.15) is 36.0 Å². The lowest BCUT2D eigenvalue weighted by atomic mass is 9.72. The summed E-state index contributed by atoms with van der Waals surface area (Å²) in [4.78, 5) is 28.4. The molecule has 0 saturated carbocycles. The van der Waals surface area contributed by atoms with E-state index in [0.29, 0.717) is 45.3 Å². The summed E-state index contributed by atoms with van der Waals surface area (Å²) in [6.07, 6.45) is 4.12. The van der Waals surface area contributed by atoms with Gasteiger partial charge in [-0.05, 0) is 60.9 Å². The van der Waals surface area contributed by atoms with Gasteiger partial charge in [-0.2, -0.15) is 0 Å². The number of hydrogen-bond donors (Lipinski definition) is 1. The molecule has 0 atom stereocenters. The second-order valence-electron chi connectivity index (χ2n) is 9.44. The van der Waals surface area contributed by atoms with Crippen LogP contribution in [0.3, 0.4) is 0 Å². The zero-order valence-corrected chi connectivity index (χ0v) is 21.7. The fourth-order valence-electron chi connectivity index (χ4n) is 4.87. The molecule has 0 spiro atoms. The number of amides is 2. The summed E-state index contributed by atoms with van der Waals surface area (Å²) >= 11 is 3.47.